The fourth-order valence-electron chi connectivity index (χ4n) is 1.77. The van der Waals surface area contributed by atoms with Crippen LogP contribution in [0, 0.1) is 0 Å². The number of rotatable bonds is 9. The van der Waals surface area contributed by atoms with Crippen LogP contribution in [0.5, 0.6) is 5.75 Å². The van der Waals surface area contributed by atoms with Crippen molar-refractivity contribution in [2.24, 2.45) is 0 Å². The quantitative estimate of drug-likeness (QED) is 0.682. The molecule has 0 saturated carbocycles. The van der Waals surface area contributed by atoms with Crippen LogP contribution in [0.15, 0.2) is 24.3 Å². The second-order valence-corrected chi connectivity index (χ2v) is 5.03. The van der Waals surface area contributed by atoms with Gasteiger partial charge in [-0.25, -0.2) is 0 Å². The normalized spacial score (nSPS) is 10.6. The Labute approximate surface area is 121 Å². The van der Waals surface area contributed by atoms with Gasteiger partial charge in [0.25, 0.3) is 0 Å². The maximum absolute atomic E-state index is 11.5. The molecular formula is C16H26N2O2. The van der Waals surface area contributed by atoms with Crippen molar-refractivity contribution < 1.29 is 9.53 Å². The molecular weight excluding hydrogens is 252 g/mol. The number of nitrogens with one attached hydrogen (secondary N) is 2. The van der Waals surface area contributed by atoms with E-state index in [1.807, 2.05) is 19.1 Å². The molecule has 0 aromatic heterocycles. The molecule has 1 aromatic carbocycles. The van der Waals surface area contributed by atoms with Gasteiger partial charge < -0.3 is 15.4 Å². The van der Waals surface area contributed by atoms with Crippen LogP contribution in [0.2, 0.25) is 0 Å². The molecule has 0 unspecified atom stereocenters. The number of hydrogen-bond acceptors (Lipinski definition) is 3. The van der Waals surface area contributed by atoms with Crippen molar-refractivity contribution in [2.45, 2.75) is 33.1 Å². The number of carbonyl (C=O) groups excluding carboxylic acids is 1. The van der Waals surface area contributed by atoms with E-state index in [2.05, 4.69) is 36.6 Å². The fourth-order valence-corrected chi connectivity index (χ4v) is 1.77. The summed E-state index contributed by atoms with van der Waals surface area (Å²) < 4.78 is 5.56. The Kier molecular flexibility index (Phi) is 7.73. The van der Waals surface area contributed by atoms with E-state index in [9.17, 15) is 4.79 Å². The summed E-state index contributed by atoms with van der Waals surface area (Å²) in [5.74, 6) is 1.36. The Morgan fingerprint density at radius 1 is 1.20 bits per heavy atom. The zero-order chi connectivity index (χ0) is 14.8. The van der Waals surface area contributed by atoms with Crippen LogP contribution >= 0.6 is 0 Å². The molecule has 0 aliphatic rings. The number of hydrogen-bond donors (Lipinski definition) is 2. The second kappa shape index (κ2) is 9.37. The standard InChI is InChI=1S/C16H26N2O2/c1-4-17-10-11-18-16(19)9-12-20-15-7-5-14(6-8-15)13(2)3/h5-8,13,17H,4,9-12H2,1-3H3,(H,18,19). The molecule has 0 saturated heterocycles. The van der Waals surface area contributed by atoms with Crippen LogP contribution in [0.3, 0.4) is 0 Å². The summed E-state index contributed by atoms with van der Waals surface area (Å²) >= 11 is 0. The van der Waals surface area contributed by atoms with Crippen LogP contribution in [0.1, 0.15) is 38.7 Å². The highest BCUT2D eigenvalue weighted by atomic mass is 16.5. The number of likely N-dealkylation sites (N-methyl/N-ethyl adjacent to an activating group) is 1. The lowest BCUT2D eigenvalue weighted by molar-refractivity contribution is -0.121. The van der Waals surface area contributed by atoms with E-state index in [0.717, 1.165) is 18.8 Å². The molecule has 112 valence electrons. The van der Waals surface area contributed by atoms with Crippen molar-refractivity contribution in [2.75, 3.05) is 26.2 Å². The van der Waals surface area contributed by atoms with Gasteiger partial charge in [0, 0.05) is 13.1 Å². The predicted octanol–water partition coefficient (Wildman–Crippen LogP) is 2.30. The van der Waals surface area contributed by atoms with Crippen LogP contribution in [0.4, 0.5) is 0 Å². The average Bonchev–Trinajstić information content (AvgIpc) is 2.44. The monoisotopic (exact) mass is 278 g/mol. The molecule has 2 N–H and O–H groups in total. The third kappa shape index (κ3) is 6.57. The topological polar surface area (TPSA) is 50.4 Å². The molecule has 0 radical (unpaired) electrons. The molecule has 20 heavy (non-hydrogen) atoms. The van der Waals surface area contributed by atoms with Crippen molar-refractivity contribution in [3.05, 3.63) is 29.8 Å². The van der Waals surface area contributed by atoms with E-state index in [1.54, 1.807) is 0 Å². The first-order valence-corrected chi connectivity index (χ1v) is 7.33. The summed E-state index contributed by atoms with van der Waals surface area (Å²) in [4.78, 5) is 11.5. The minimum atomic E-state index is 0.0294. The van der Waals surface area contributed by atoms with Crippen LogP contribution in [0.25, 0.3) is 0 Å². The van der Waals surface area contributed by atoms with E-state index in [0.29, 0.717) is 25.5 Å². The lowest BCUT2D eigenvalue weighted by Gasteiger charge is -2.09. The van der Waals surface area contributed by atoms with Gasteiger partial charge in [-0.05, 0) is 30.2 Å². The number of benzene rings is 1. The third-order valence-corrected chi connectivity index (χ3v) is 3.02. The lowest BCUT2D eigenvalue weighted by atomic mass is 10.0. The van der Waals surface area contributed by atoms with Gasteiger partial charge in [-0.2, -0.15) is 0 Å². The SMILES string of the molecule is CCNCCNC(=O)CCOc1ccc(C(C)C)cc1. The van der Waals surface area contributed by atoms with Gasteiger partial charge in [0.1, 0.15) is 5.75 Å². The van der Waals surface area contributed by atoms with E-state index >= 15 is 0 Å². The Hall–Kier alpha value is -1.55. The van der Waals surface area contributed by atoms with Gasteiger partial charge in [-0.3, -0.25) is 4.79 Å². The molecule has 0 heterocycles. The lowest BCUT2D eigenvalue weighted by Crippen LogP contribution is -2.32. The first kappa shape index (κ1) is 16.5. The molecule has 0 spiro atoms. The van der Waals surface area contributed by atoms with E-state index < -0.39 is 0 Å². The minimum absolute atomic E-state index is 0.0294. The van der Waals surface area contributed by atoms with Crippen molar-refractivity contribution in [1.29, 1.82) is 0 Å². The molecule has 1 amide bonds. The highest BCUT2D eigenvalue weighted by Crippen LogP contribution is 2.18. The predicted molar refractivity (Wildman–Crippen MR) is 82.2 cm³/mol. The summed E-state index contributed by atoms with van der Waals surface area (Å²) in [6.07, 6.45) is 0.387. The fraction of sp³-hybridized carbons (Fsp3) is 0.562. The van der Waals surface area contributed by atoms with E-state index in [-0.39, 0.29) is 5.91 Å². The summed E-state index contributed by atoms with van der Waals surface area (Å²) in [7, 11) is 0. The summed E-state index contributed by atoms with van der Waals surface area (Å²) in [5.41, 5.74) is 1.29. The van der Waals surface area contributed by atoms with Crippen molar-refractivity contribution in [1.82, 2.24) is 10.6 Å². The highest BCUT2D eigenvalue weighted by Gasteiger charge is 2.02. The third-order valence-electron chi connectivity index (χ3n) is 3.02. The van der Waals surface area contributed by atoms with Gasteiger partial charge in [-0.1, -0.05) is 32.9 Å². The number of ether oxygens (including phenoxy) is 1. The summed E-state index contributed by atoms with van der Waals surface area (Å²) in [5, 5.41) is 6.00. The minimum Gasteiger partial charge on any atom is -0.493 e. The molecule has 1 aromatic rings. The Balaban J connectivity index is 2.18. The molecule has 0 aliphatic heterocycles. The van der Waals surface area contributed by atoms with Crippen LogP contribution in [-0.2, 0) is 4.79 Å². The van der Waals surface area contributed by atoms with Gasteiger partial charge in [0.2, 0.25) is 5.91 Å². The van der Waals surface area contributed by atoms with Gasteiger partial charge in [-0.15, -0.1) is 0 Å². The molecule has 0 bridgehead atoms. The smallest absolute Gasteiger partial charge is 0.223 e. The van der Waals surface area contributed by atoms with Gasteiger partial charge in [0.05, 0.1) is 13.0 Å². The Morgan fingerprint density at radius 2 is 1.90 bits per heavy atom. The van der Waals surface area contributed by atoms with Crippen molar-refractivity contribution in [3.8, 4) is 5.75 Å². The average molecular weight is 278 g/mol. The largest absolute Gasteiger partial charge is 0.493 e. The number of carbonyl (C=O) groups is 1. The molecule has 4 nitrogen and oxygen atoms in total. The molecule has 1 rings (SSSR count). The molecule has 0 fully saturated rings. The van der Waals surface area contributed by atoms with Gasteiger partial charge >= 0.3 is 0 Å². The highest BCUT2D eigenvalue weighted by molar-refractivity contribution is 5.75. The first-order chi connectivity index (χ1) is 9.63. The van der Waals surface area contributed by atoms with Crippen molar-refractivity contribution >= 4 is 5.91 Å². The Bertz CT molecular complexity index is 388. The molecule has 4 heteroatoms. The summed E-state index contributed by atoms with van der Waals surface area (Å²) in [6.45, 7) is 9.16. The summed E-state index contributed by atoms with van der Waals surface area (Å²) in [6, 6.07) is 8.05. The van der Waals surface area contributed by atoms with E-state index in [1.165, 1.54) is 5.56 Å². The molecule has 0 aliphatic carbocycles. The maximum Gasteiger partial charge on any atom is 0.223 e. The maximum atomic E-state index is 11.5. The van der Waals surface area contributed by atoms with Crippen molar-refractivity contribution in [3.63, 3.8) is 0 Å². The van der Waals surface area contributed by atoms with Gasteiger partial charge in [0.15, 0.2) is 0 Å². The number of amides is 1. The van der Waals surface area contributed by atoms with Crippen LogP contribution in [-0.4, -0.2) is 32.1 Å². The first-order valence-electron chi connectivity index (χ1n) is 7.33. The second-order valence-electron chi connectivity index (χ2n) is 5.03. The molecule has 0 atom stereocenters. The Morgan fingerprint density at radius 3 is 2.50 bits per heavy atom. The zero-order valence-corrected chi connectivity index (χ0v) is 12.7. The van der Waals surface area contributed by atoms with Crippen LogP contribution < -0.4 is 15.4 Å². The van der Waals surface area contributed by atoms with E-state index in [4.69, 9.17) is 4.74 Å². The zero-order valence-electron chi connectivity index (χ0n) is 12.7.